The molecule has 4 heteroatoms. The Morgan fingerprint density at radius 2 is 2.13 bits per heavy atom. The van der Waals surface area contributed by atoms with E-state index in [9.17, 15) is 4.79 Å². The van der Waals surface area contributed by atoms with Crippen molar-refractivity contribution in [3.8, 4) is 0 Å². The van der Waals surface area contributed by atoms with E-state index in [1.807, 2.05) is 18.9 Å². The summed E-state index contributed by atoms with van der Waals surface area (Å²) in [7, 11) is 1.94. The van der Waals surface area contributed by atoms with Crippen LogP contribution in [0.4, 0.5) is 5.82 Å². The van der Waals surface area contributed by atoms with Crippen LogP contribution in [-0.4, -0.2) is 29.1 Å². The highest BCUT2D eigenvalue weighted by molar-refractivity contribution is 5.87. The van der Waals surface area contributed by atoms with Gasteiger partial charge in [0.1, 0.15) is 5.82 Å². The van der Waals surface area contributed by atoms with Gasteiger partial charge in [-0.15, -0.1) is 0 Å². The second kappa shape index (κ2) is 4.29. The standard InChI is InChI=1S/C11H16N2O2/c1-7(2)13(4)10-8(3)5-9(6-12-10)11(14)15/h5-7H,1-4H3,(H,14,15). The van der Waals surface area contributed by atoms with Gasteiger partial charge in [0.25, 0.3) is 0 Å². The lowest BCUT2D eigenvalue weighted by Crippen LogP contribution is -2.27. The molecule has 0 aromatic carbocycles. The number of carboxylic acid groups (broad SMARTS) is 1. The van der Waals surface area contributed by atoms with Gasteiger partial charge in [-0.05, 0) is 32.4 Å². The summed E-state index contributed by atoms with van der Waals surface area (Å²) >= 11 is 0. The summed E-state index contributed by atoms with van der Waals surface area (Å²) < 4.78 is 0. The lowest BCUT2D eigenvalue weighted by molar-refractivity contribution is 0.0696. The summed E-state index contributed by atoms with van der Waals surface area (Å²) in [6.45, 7) is 5.99. The van der Waals surface area contributed by atoms with Crippen LogP contribution in [0.1, 0.15) is 29.8 Å². The van der Waals surface area contributed by atoms with Crippen LogP contribution in [0.3, 0.4) is 0 Å². The number of hydrogen-bond donors (Lipinski definition) is 1. The average molecular weight is 208 g/mol. The highest BCUT2D eigenvalue weighted by atomic mass is 16.4. The van der Waals surface area contributed by atoms with Crippen molar-refractivity contribution in [1.82, 2.24) is 4.98 Å². The number of carbonyl (C=O) groups is 1. The number of carboxylic acids is 1. The fourth-order valence-electron chi connectivity index (χ4n) is 1.30. The highest BCUT2D eigenvalue weighted by Crippen LogP contribution is 2.18. The quantitative estimate of drug-likeness (QED) is 0.824. The Hall–Kier alpha value is -1.58. The Morgan fingerprint density at radius 3 is 2.53 bits per heavy atom. The van der Waals surface area contributed by atoms with Gasteiger partial charge in [-0.3, -0.25) is 0 Å². The molecule has 4 nitrogen and oxygen atoms in total. The van der Waals surface area contributed by atoms with Gasteiger partial charge in [-0.1, -0.05) is 0 Å². The predicted octanol–water partition coefficient (Wildman–Crippen LogP) is 1.93. The number of aromatic carboxylic acids is 1. The second-order valence-corrected chi connectivity index (χ2v) is 3.87. The molecule has 0 spiro atoms. The first kappa shape index (κ1) is 11.5. The van der Waals surface area contributed by atoms with Crippen LogP contribution >= 0.6 is 0 Å². The average Bonchev–Trinajstić information content (AvgIpc) is 2.16. The number of anilines is 1. The topological polar surface area (TPSA) is 53.4 Å². The fraction of sp³-hybridized carbons (Fsp3) is 0.455. The lowest BCUT2D eigenvalue weighted by atomic mass is 10.2. The van der Waals surface area contributed by atoms with Crippen LogP contribution in [0, 0.1) is 6.92 Å². The zero-order valence-corrected chi connectivity index (χ0v) is 9.48. The van der Waals surface area contributed by atoms with E-state index in [-0.39, 0.29) is 5.56 Å². The van der Waals surface area contributed by atoms with Gasteiger partial charge < -0.3 is 10.0 Å². The maximum absolute atomic E-state index is 10.7. The first-order chi connectivity index (χ1) is 6.93. The molecule has 0 fully saturated rings. The molecule has 0 radical (unpaired) electrons. The SMILES string of the molecule is Cc1cc(C(=O)O)cnc1N(C)C(C)C. The van der Waals surface area contributed by atoms with Crippen molar-refractivity contribution < 1.29 is 9.90 Å². The normalized spacial score (nSPS) is 10.5. The minimum atomic E-state index is -0.940. The molecule has 0 aliphatic rings. The maximum Gasteiger partial charge on any atom is 0.337 e. The molecule has 0 saturated heterocycles. The fourth-order valence-corrected chi connectivity index (χ4v) is 1.30. The third-order valence-electron chi connectivity index (χ3n) is 2.41. The predicted molar refractivity (Wildman–Crippen MR) is 59.5 cm³/mol. The second-order valence-electron chi connectivity index (χ2n) is 3.87. The van der Waals surface area contributed by atoms with Gasteiger partial charge in [0.15, 0.2) is 0 Å². The van der Waals surface area contributed by atoms with Gasteiger partial charge >= 0.3 is 5.97 Å². The number of aromatic nitrogens is 1. The number of nitrogens with zero attached hydrogens (tertiary/aromatic N) is 2. The van der Waals surface area contributed by atoms with Crippen LogP contribution in [0.25, 0.3) is 0 Å². The summed E-state index contributed by atoms with van der Waals surface area (Å²) in [6, 6.07) is 1.98. The Balaban J connectivity index is 3.08. The molecule has 0 saturated carbocycles. The third-order valence-corrected chi connectivity index (χ3v) is 2.41. The number of rotatable bonds is 3. The number of aryl methyl sites for hydroxylation is 1. The monoisotopic (exact) mass is 208 g/mol. The van der Waals surface area contributed by atoms with Gasteiger partial charge in [0, 0.05) is 19.3 Å². The minimum Gasteiger partial charge on any atom is -0.478 e. The van der Waals surface area contributed by atoms with Crippen molar-refractivity contribution in [2.45, 2.75) is 26.8 Å². The molecule has 1 N–H and O–H groups in total. The summed E-state index contributed by atoms with van der Waals surface area (Å²) in [5.74, 6) is -0.112. The van der Waals surface area contributed by atoms with Crippen molar-refractivity contribution in [3.05, 3.63) is 23.4 Å². The van der Waals surface area contributed by atoms with Gasteiger partial charge in [-0.2, -0.15) is 0 Å². The lowest BCUT2D eigenvalue weighted by Gasteiger charge is -2.24. The molecule has 1 aromatic heterocycles. The molecule has 0 bridgehead atoms. The molecule has 1 rings (SSSR count). The molecule has 1 aromatic rings. The molecular weight excluding hydrogens is 192 g/mol. The van der Waals surface area contributed by atoms with Crippen LogP contribution in [-0.2, 0) is 0 Å². The van der Waals surface area contributed by atoms with E-state index >= 15 is 0 Å². The van der Waals surface area contributed by atoms with Gasteiger partial charge in [-0.25, -0.2) is 9.78 Å². The summed E-state index contributed by atoms with van der Waals surface area (Å²) in [5, 5.41) is 8.79. The first-order valence-electron chi connectivity index (χ1n) is 4.86. The minimum absolute atomic E-state index is 0.230. The summed E-state index contributed by atoms with van der Waals surface area (Å²) in [6.07, 6.45) is 1.39. The van der Waals surface area contributed by atoms with Crippen molar-refractivity contribution in [2.24, 2.45) is 0 Å². The molecule has 0 aliphatic carbocycles. The number of hydrogen-bond acceptors (Lipinski definition) is 3. The van der Waals surface area contributed by atoms with E-state index in [0.29, 0.717) is 6.04 Å². The zero-order chi connectivity index (χ0) is 11.6. The smallest absolute Gasteiger partial charge is 0.337 e. The first-order valence-corrected chi connectivity index (χ1v) is 4.86. The van der Waals surface area contributed by atoms with Crippen molar-refractivity contribution in [1.29, 1.82) is 0 Å². The number of pyridine rings is 1. The molecule has 1 heterocycles. The summed E-state index contributed by atoms with van der Waals surface area (Å²) in [4.78, 5) is 16.9. The van der Waals surface area contributed by atoms with E-state index < -0.39 is 5.97 Å². The van der Waals surface area contributed by atoms with Crippen molar-refractivity contribution in [2.75, 3.05) is 11.9 Å². The molecule has 15 heavy (non-hydrogen) atoms. The van der Waals surface area contributed by atoms with Crippen LogP contribution in [0.15, 0.2) is 12.3 Å². The molecule has 82 valence electrons. The van der Waals surface area contributed by atoms with Crippen LogP contribution in [0.2, 0.25) is 0 Å². The van der Waals surface area contributed by atoms with Crippen molar-refractivity contribution >= 4 is 11.8 Å². The van der Waals surface area contributed by atoms with E-state index in [1.54, 1.807) is 6.07 Å². The molecule has 0 atom stereocenters. The molecular formula is C11H16N2O2. The summed E-state index contributed by atoms with van der Waals surface area (Å²) in [5.41, 5.74) is 1.11. The Labute approximate surface area is 89.6 Å². The van der Waals surface area contributed by atoms with E-state index in [1.165, 1.54) is 6.20 Å². The Kier molecular flexibility index (Phi) is 3.29. The highest BCUT2D eigenvalue weighted by Gasteiger charge is 2.11. The van der Waals surface area contributed by atoms with E-state index in [0.717, 1.165) is 11.4 Å². The van der Waals surface area contributed by atoms with Gasteiger partial charge in [0.05, 0.1) is 5.56 Å². The van der Waals surface area contributed by atoms with Crippen LogP contribution < -0.4 is 4.90 Å². The van der Waals surface area contributed by atoms with Crippen LogP contribution in [0.5, 0.6) is 0 Å². The largest absolute Gasteiger partial charge is 0.478 e. The van der Waals surface area contributed by atoms with Crippen molar-refractivity contribution in [3.63, 3.8) is 0 Å². The molecule has 0 unspecified atom stereocenters. The van der Waals surface area contributed by atoms with Gasteiger partial charge in [0.2, 0.25) is 0 Å². The zero-order valence-electron chi connectivity index (χ0n) is 9.48. The van der Waals surface area contributed by atoms with E-state index in [2.05, 4.69) is 18.8 Å². The Bertz CT molecular complexity index is 375. The molecule has 0 aliphatic heterocycles. The maximum atomic E-state index is 10.7. The third kappa shape index (κ3) is 2.46. The Morgan fingerprint density at radius 1 is 1.53 bits per heavy atom. The van der Waals surface area contributed by atoms with E-state index in [4.69, 9.17) is 5.11 Å². The molecule has 0 amide bonds.